The summed E-state index contributed by atoms with van der Waals surface area (Å²) in [7, 11) is 0. The number of allylic oxidation sites excluding steroid dienone is 2. The van der Waals surface area contributed by atoms with Crippen LogP contribution in [0.5, 0.6) is 0 Å². The average Bonchev–Trinajstić information content (AvgIpc) is 2.98. The maximum absolute atomic E-state index is 13.7. The van der Waals surface area contributed by atoms with E-state index >= 15 is 0 Å². The molecule has 0 aromatic carbocycles. The zero-order valence-corrected chi connectivity index (χ0v) is 14.9. The largest absolute Gasteiger partial charge is 0.392 e. The van der Waals surface area contributed by atoms with Crippen LogP contribution in [0.1, 0.15) is 34.1 Å². The van der Waals surface area contributed by atoms with Crippen molar-refractivity contribution in [3.8, 4) is 0 Å². The molecule has 4 rings (SSSR count). The standard InChI is InChI=1S/C20H28O4/c1-9-7-20-10(2)5-13-14(19(13,3)4)12(18(20)24)6-11(8-21)17(23)15(20)16(9)22/h6-7,10,12-17,21-23H,5,8H2,1-4H3/t10-,12+,13-,14+,15+,16+,17-,20-/m1/s1. The van der Waals surface area contributed by atoms with Crippen LogP contribution in [0.4, 0.5) is 0 Å². The third-order valence-corrected chi connectivity index (χ3v) is 7.80. The van der Waals surface area contributed by atoms with Gasteiger partial charge in [0.05, 0.1) is 24.2 Å². The molecule has 132 valence electrons. The molecule has 8 atom stereocenters. The monoisotopic (exact) mass is 332 g/mol. The average molecular weight is 332 g/mol. The molecule has 4 nitrogen and oxygen atoms in total. The number of carbonyl (C=O) groups is 1. The summed E-state index contributed by atoms with van der Waals surface area (Å²) < 4.78 is 0. The van der Waals surface area contributed by atoms with E-state index in [1.165, 1.54) is 0 Å². The van der Waals surface area contributed by atoms with Crippen LogP contribution in [0, 0.1) is 40.4 Å². The highest BCUT2D eigenvalue weighted by Gasteiger charge is 2.70. The molecule has 4 heteroatoms. The Balaban J connectivity index is 1.94. The molecular weight excluding hydrogens is 304 g/mol. The van der Waals surface area contributed by atoms with Crippen molar-refractivity contribution in [3.63, 3.8) is 0 Å². The lowest BCUT2D eigenvalue weighted by atomic mass is 9.61. The summed E-state index contributed by atoms with van der Waals surface area (Å²) in [6.45, 7) is 8.10. The molecule has 0 heterocycles. The summed E-state index contributed by atoms with van der Waals surface area (Å²) in [5.74, 6) is 0.110. The Morgan fingerprint density at radius 2 is 1.88 bits per heavy atom. The van der Waals surface area contributed by atoms with Gasteiger partial charge in [0, 0.05) is 11.8 Å². The van der Waals surface area contributed by atoms with Gasteiger partial charge in [0.1, 0.15) is 0 Å². The Kier molecular flexibility index (Phi) is 3.30. The lowest BCUT2D eigenvalue weighted by Gasteiger charge is -2.41. The molecule has 1 spiro atoms. The van der Waals surface area contributed by atoms with Gasteiger partial charge in [-0.15, -0.1) is 0 Å². The Morgan fingerprint density at radius 3 is 2.50 bits per heavy atom. The van der Waals surface area contributed by atoms with E-state index in [1.807, 2.05) is 19.1 Å². The molecule has 0 unspecified atom stereocenters. The molecule has 0 saturated heterocycles. The Labute approximate surface area is 143 Å². The number of fused-ring (bicyclic) bond motifs is 3. The molecule has 2 bridgehead atoms. The molecule has 4 aliphatic rings. The lowest BCUT2D eigenvalue weighted by Crippen LogP contribution is -2.49. The molecule has 24 heavy (non-hydrogen) atoms. The number of rotatable bonds is 1. The first-order valence-electron chi connectivity index (χ1n) is 9.09. The fourth-order valence-electron chi connectivity index (χ4n) is 6.35. The van der Waals surface area contributed by atoms with Gasteiger partial charge in [-0.25, -0.2) is 0 Å². The smallest absolute Gasteiger partial charge is 0.150 e. The predicted octanol–water partition coefficient (Wildman–Crippen LogP) is 1.70. The van der Waals surface area contributed by atoms with Crippen molar-refractivity contribution in [3.05, 3.63) is 23.3 Å². The van der Waals surface area contributed by atoms with Crippen molar-refractivity contribution in [2.24, 2.45) is 40.4 Å². The summed E-state index contributed by atoms with van der Waals surface area (Å²) in [6.07, 6.45) is 2.91. The van der Waals surface area contributed by atoms with Crippen molar-refractivity contribution in [2.45, 2.75) is 46.3 Å². The predicted molar refractivity (Wildman–Crippen MR) is 89.9 cm³/mol. The Morgan fingerprint density at radius 1 is 1.21 bits per heavy atom. The Hall–Kier alpha value is -0.970. The van der Waals surface area contributed by atoms with Gasteiger partial charge in [-0.3, -0.25) is 4.79 Å². The second-order valence-corrected chi connectivity index (χ2v) is 9.12. The van der Waals surface area contributed by atoms with E-state index in [1.54, 1.807) is 0 Å². The van der Waals surface area contributed by atoms with Crippen LogP contribution < -0.4 is 0 Å². The third-order valence-electron chi connectivity index (χ3n) is 7.80. The van der Waals surface area contributed by atoms with Crippen molar-refractivity contribution in [1.29, 1.82) is 0 Å². The van der Waals surface area contributed by atoms with Gasteiger partial charge in [-0.05, 0) is 47.7 Å². The van der Waals surface area contributed by atoms with Gasteiger partial charge in [0.2, 0.25) is 0 Å². The first-order chi connectivity index (χ1) is 11.2. The fraction of sp³-hybridized carbons (Fsp3) is 0.750. The minimum Gasteiger partial charge on any atom is -0.392 e. The molecule has 2 fully saturated rings. The van der Waals surface area contributed by atoms with E-state index in [0.717, 1.165) is 12.0 Å². The number of hydrogen-bond acceptors (Lipinski definition) is 4. The van der Waals surface area contributed by atoms with Crippen LogP contribution in [0.3, 0.4) is 0 Å². The second-order valence-electron chi connectivity index (χ2n) is 9.12. The van der Waals surface area contributed by atoms with Crippen molar-refractivity contribution < 1.29 is 20.1 Å². The van der Waals surface area contributed by atoms with Crippen molar-refractivity contribution in [2.75, 3.05) is 6.61 Å². The number of aliphatic hydroxyl groups is 3. The molecule has 0 amide bonds. The SMILES string of the molecule is CC1=C[C@]23C(=O)[C@@H](C=C(CO)[C@@H](O)[C@@H]2[C@H]1O)[C@H]1[C@@H](C[C@H]3C)C1(C)C. The minimum atomic E-state index is -0.978. The zero-order chi connectivity index (χ0) is 17.6. The van der Waals surface area contributed by atoms with Crippen molar-refractivity contribution >= 4 is 5.78 Å². The van der Waals surface area contributed by atoms with Gasteiger partial charge in [-0.2, -0.15) is 0 Å². The quantitative estimate of drug-likeness (QED) is 0.639. The van der Waals surface area contributed by atoms with E-state index in [4.69, 9.17) is 0 Å². The number of aliphatic hydroxyl groups excluding tert-OH is 3. The normalized spacial score (nSPS) is 51.8. The topological polar surface area (TPSA) is 77.8 Å². The van der Waals surface area contributed by atoms with Crippen LogP contribution in [0.15, 0.2) is 23.3 Å². The van der Waals surface area contributed by atoms with Gasteiger partial charge in [0.25, 0.3) is 0 Å². The first-order valence-corrected chi connectivity index (χ1v) is 9.09. The van der Waals surface area contributed by atoms with Crippen LogP contribution in [-0.4, -0.2) is 39.9 Å². The summed E-state index contributed by atoms with van der Waals surface area (Å²) in [5.41, 5.74) is 0.573. The summed E-state index contributed by atoms with van der Waals surface area (Å²) in [5, 5.41) is 31.4. The highest BCUT2D eigenvalue weighted by molar-refractivity contribution is 5.94. The van der Waals surface area contributed by atoms with E-state index in [9.17, 15) is 20.1 Å². The molecule has 0 aliphatic heterocycles. The van der Waals surface area contributed by atoms with Crippen LogP contribution in [0.2, 0.25) is 0 Å². The van der Waals surface area contributed by atoms with Gasteiger partial charge in [0.15, 0.2) is 5.78 Å². The molecule has 0 radical (unpaired) electrons. The van der Waals surface area contributed by atoms with Gasteiger partial charge in [-0.1, -0.05) is 32.9 Å². The van der Waals surface area contributed by atoms with E-state index in [2.05, 4.69) is 20.8 Å². The molecule has 4 aliphatic carbocycles. The number of carbonyl (C=O) groups excluding carboxylic acids is 1. The maximum Gasteiger partial charge on any atom is 0.150 e. The number of hydrogen-bond donors (Lipinski definition) is 3. The highest BCUT2D eigenvalue weighted by atomic mass is 16.3. The lowest BCUT2D eigenvalue weighted by molar-refractivity contribution is -0.138. The molecule has 0 aromatic rings. The van der Waals surface area contributed by atoms with E-state index < -0.39 is 23.5 Å². The summed E-state index contributed by atoms with van der Waals surface area (Å²) >= 11 is 0. The van der Waals surface area contributed by atoms with Crippen LogP contribution in [0.25, 0.3) is 0 Å². The van der Waals surface area contributed by atoms with Crippen molar-refractivity contribution in [1.82, 2.24) is 0 Å². The summed E-state index contributed by atoms with van der Waals surface area (Å²) in [6, 6.07) is 0. The zero-order valence-electron chi connectivity index (χ0n) is 14.9. The third kappa shape index (κ3) is 1.72. The molecule has 2 saturated carbocycles. The van der Waals surface area contributed by atoms with Gasteiger partial charge >= 0.3 is 0 Å². The molecular formula is C20H28O4. The van der Waals surface area contributed by atoms with E-state index in [0.29, 0.717) is 11.5 Å². The van der Waals surface area contributed by atoms with Crippen LogP contribution in [-0.2, 0) is 4.79 Å². The number of ketones is 1. The minimum absolute atomic E-state index is 0.0717. The highest BCUT2D eigenvalue weighted by Crippen LogP contribution is 2.70. The van der Waals surface area contributed by atoms with Gasteiger partial charge < -0.3 is 15.3 Å². The molecule has 3 N–H and O–H groups in total. The molecule has 0 aromatic heterocycles. The second kappa shape index (κ2) is 4.80. The Bertz CT molecular complexity index is 661. The summed E-state index contributed by atoms with van der Waals surface area (Å²) in [4.78, 5) is 13.7. The fourth-order valence-corrected chi connectivity index (χ4v) is 6.35. The van der Waals surface area contributed by atoms with Crippen LogP contribution >= 0.6 is 0 Å². The first kappa shape index (κ1) is 16.5. The van der Waals surface area contributed by atoms with E-state index in [-0.39, 0.29) is 35.6 Å². The number of Topliss-reactive ketones (excluding diaryl/α,β-unsaturated/α-hetero) is 1. The maximum atomic E-state index is 13.7.